The number of aryl methyl sites for hydroxylation is 2. The molecular formula is C23H28O3. The molecule has 0 spiro atoms. The Morgan fingerprint density at radius 2 is 1.54 bits per heavy atom. The smallest absolute Gasteiger partial charge is 0.338 e. The van der Waals surface area contributed by atoms with E-state index < -0.39 is 0 Å². The Morgan fingerprint density at radius 3 is 2.04 bits per heavy atom. The number of carbonyl (C=O) groups is 2. The van der Waals surface area contributed by atoms with Gasteiger partial charge in [0.2, 0.25) is 0 Å². The normalized spacial score (nSPS) is 11.3. The van der Waals surface area contributed by atoms with Gasteiger partial charge in [-0.3, -0.25) is 4.79 Å². The van der Waals surface area contributed by atoms with Crippen LogP contribution in [-0.4, -0.2) is 11.8 Å². The van der Waals surface area contributed by atoms with Crippen LogP contribution in [0.4, 0.5) is 0 Å². The van der Waals surface area contributed by atoms with Gasteiger partial charge in [-0.15, -0.1) is 0 Å². The number of hydrogen-bond donors (Lipinski definition) is 0. The Bertz CT molecular complexity index is 837. The average Bonchev–Trinajstić information content (AvgIpc) is 2.52. The molecule has 0 fully saturated rings. The van der Waals surface area contributed by atoms with Crippen LogP contribution in [0.2, 0.25) is 0 Å². The van der Waals surface area contributed by atoms with Gasteiger partial charge in [0.15, 0.2) is 5.78 Å². The van der Waals surface area contributed by atoms with E-state index in [4.69, 9.17) is 4.74 Å². The van der Waals surface area contributed by atoms with E-state index in [1.54, 1.807) is 19.1 Å². The van der Waals surface area contributed by atoms with Gasteiger partial charge >= 0.3 is 5.97 Å². The Labute approximate surface area is 156 Å². The molecule has 0 saturated heterocycles. The molecule has 0 aromatic heterocycles. The zero-order chi connectivity index (χ0) is 19.6. The van der Waals surface area contributed by atoms with Crippen LogP contribution in [0.1, 0.15) is 76.2 Å². The zero-order valence-corrected chi connectivity index (χ0v) is 16.8. The summed E-state index contributed by atoms with van der Waals surface area (Å²) in [7, 11) is 0. The predicted octanol–water partition coefficient (Wildman–Crippen LogP) is 5.47. The van der Waals surface area contributed by atoms with Crippen LogP contribution in [0.3, 0.4) is 0 Å². The third kappa shape index (κ3) is 4.21. The molecule has 3 nitrogen and oxygen atoms in total. The van der Waals surface area contributed by atoms with E-state index >= 15 is 0 Å². The summed E-state index contributed by atoms with van der Waals surface area (Å²) in [4.78, 5) is 24.3. The number of ether oxygens (including phenoxy) is 1. The van der Waals surface area contributed by atoms with E-state index in [1.807, 2.05) is 39.0 Å². The number of hydrogen-bond acceptors (Lipinski definition) is 3. The largest absolute Gasteiger partial charge is 0.457 e. The van der Waals surface area contributed by atoms with Gasteiger partial charge in [-0.05, 0) is 73.1 Å². The maximum atomic E-state index is 12.4. The maximum absolute atomic E-state index is 12.4. The third-order valence-electron chi connectivity index (χ3n) is 4.82. The number of ketones is 1. The SMILES string of the molecule is CC(=O)c1c(C)cc(C)c(COC(=O)c2ccc(C(C)(C)C)cc2)c1C. The Hall–Kier alpha value is -2.42. The van der Waals surface area contributed by atoms with Gasteiger partial charge in [-0.2, -0.15) is 0 Å². The molecule has 0 heterocycles. The second-order valence-electron chi connectivity index (χ2n) is 7.95. The van der Waals surface area contributed by atoms with Gasteiger partial charge in [-0.25, -0.2) is 4.79 Å². The van der Waals surface area contributed by atoms with E-state index in [0.29, 0.717) is 5.56 Å². The van der Waals surface area contributed by atoms with Crippen molar-refractivity contribution < 1.29 is 14.3 Å². The first kappa shape index (κ1) is 19.9. The van der Waals surface area contributed by atoms with Crippen LogP contribution in [-0.2, 0) is 16.8 Å². The summed E-state index contributed by atoms with van der Waals surface area (Å²) in [5, 5.41) is 0. The predicted molar refractivity (Wildman–Crippen MR) is 105 cm³/mol. The van der Waals surface area contributed by atoms with E-state index in [2.05, 4.69) is 20.8 Å². The summed E-state index contributed by atoms with van der Waals surface area (Å²) in [5.74, 6) is -0.320. The molecule has 0 saturated carbocycles. The summed E-state index contributed by atoms with van der Waals surface area (Å²) in [5.41, 5.74) is 6.25. The van der Waals surface area contributed by atoms with E-state index in [1.165, 1.54) is 5.56 Å². The maximum Gasteiger partial charge on any atom is 0.338 e. The first-order chi connectivity index (χ1) is 12.0. The minimum absolute atomic E-state index is 0.0327. The molecule has 138 valence electrons. The fourth-order valence-corrected chi connectivity index (χ4v) is 3.32. The summed E-state index contributed by atoms with van der Waals surface area (Å²) in [6.07, 6.45) is 0. The molecule has 2 aromatic rings. The van der Waals surface area contributed by atoms with Crippen LogP contribution >= 0.6 is 0 Å². The van der Waals surface area contributed by atoms with Crippen LogP contribution in [0.15, 0.2) is 30.3 Å². The van der Waals surface area contributed by atoms with Crippen molar-refractivity contribution in [3.63, 3.8) is 0 Å². The van der Waals surface area contributed by atoms with Crippen LogP contribution < -0.4 is 0 Å². The number of Topliss-reactive ketones (excluding diaryl/α,β-unsaturated/α-hetero) is 1. The molecule has 0 amide bonds. The summed E-state index contributed by atoms with van der Waals surface area (Å²) < 4.78 is 5.53. The van der Waals surface area contributed by atoms with Crippen LogP contribution in [0.25, 0.3) is 0 Å². The molecule has 0 aliphatic rings. The Balaban J connectivity index is 2.20. The fourth-order valence-electron chi connectivity index (χ4n) is 3.32. The molecular weight excluding hydrogens is 324 g/mol. The molecule has 0 unspecified atom stereocenters. The molecule has 2 aromatic carbocycles. The lowest BCUT2D eigenvalue weighted by Crippen LogP contribution is -2.12. The van der Waals surface area contributed by atoms with Crippen molar-refractivity contribution in [3.05, 3.63) is 69.3 Å². The topological polar surface area (TPSA) is 43.4 Å². The lowest BCUT2D eigenvalue weighted by atomic mass is 9.87. The fraction of sp³-hybridized carbons (Fsp3) is 0.391. The highest BCUT2D eigenvalue weighted by Gasteiger charge is 2.17. The molecule has 3 heteroatoms. The molecule has 0 aliphatic carbocycles. The van der Waals surface area contributed by atoms with E-state index in [9.17, 15) is 9.59 Å². The minimum Gasteiger partial charge on any atom is -0.457 e. The Morgan fingerprint density at radius 1 is 0.962 bits per heavy atom. The molecule has 26 heavy (non-hydrogen) atoms. The molecule has 0 radical (unpaired) electrons. The molecule has 0 atom stereocenters. The zero-order valence-electron chi connectivity index (χ0n) is 16.8. The second kappa shape index (κ2) is 7.45. The summed E-state index contributed by atoms with van der Waals surface area (Å²) in [6, 6.07) is 9.52. The molecule has 0 aliphatic heterocycles. The molecule has 2 rings (SSSR count). The number of carbonyl (C=O) groups excluding carboxylic acids is 2. The van der Waals surface area contributed by atoms with Crippen molar-refractivity contribution >= 4 is 11.8 Å². The van der Waals surface area contributed by atoms with Crippen molar-refractivity contribution in [2.45, 2.75) is 60.5 Å². The summed E-state index contributed by atoms with van der Waals surface area (Å²) in [6.45, 7) is 14.0. The lowest BCUT2D eigenvalue weighted by Gasteiger charge is -2.19. The molecule has 0 bridgehead atoms. The average molecular weight is 352 g/mol. The van der Waals surface area contributed by atoms with Crippen molar-refractivity contribution in [2.75, 3.05) is 0 Å². The van der Waals surface area contributed by atoms with E-state index in [-0.39, 0.29) is 23.8 Å². The van der Waals surface area contributed by atoms with Gasteiger partial charge in [0.25, 0.3) is 0 Å². The summed E-state index contributed by atoms with van der Waals surface area (Å²) >= 11 is 0. The monoisotopic (exact) mass is 352 g/mol. The standard InChI is InChI=1S/C23H28O3/c1-14-12-15(2)21(17(4)24)16(3)20(14)13-26-22(25)18-8-10-19(11-9-18)23(5,6)7/h8-12H,13H2,1-7H3. The minimum atomic E-state index is -0.353. The van der Waals surface area contributed by atoms with Gasteiger partial charge in [0, 0.05) is 5.56 Å². The van der Waals surface area contributed by atoms with Crippen molar-refractivity contribution in [3.8, 4) is 0 Å². The van der Waals surface area contributed by atoms with Crippen LogP contribution in [0.5, 0.6) is 0 Å². The highest BCUT2D eigenvalue weighted by Crippen LogP contribution is 2.25. The molecule has 0 N–H and O–H groups in total. The van der Waals surface area contributed by atoms with Crippen molar-refractivity contribution in [1.29, 1.82) is 0 Å². The number of rotatable bonds is 4. The second-order valence-corrected chi connectivity index (χ2v) is 7.95. The number of benzene rings is 2. The highest BCUT2D eigenvalue weighted by atomic mass is 16.5. The van der Waals surface area contributed by atoms with Crippen molar-refractivity contribution in [1.82, 2.24) is 0 Å². The van der Waals surface area contributed by atoms with E-state index in [0.717, 1.165) is 27.8 Å². The van der Waals surface area contributed by atoms with Gasteiger partial charge in [0.05, 0.1) is 5.56 Å². The number of esters is 1. The lowest BCUT2D eigenvalue weighted by molar-refractivity contribution is 0.0471. The first-order valence-corrected chi connectivity index (χ1v) is 8.90. The van der Waals surface area contributed by atoms with Gasteiger partial charge in [-0.1, -0.05) is 39.0 Å². The highest BCUT2D eigenvalue weighted by molar-refractivity contribution is 5.97. The third-order valence-corrected chi connectivity index (χ3v) is 4.82. The van der Waals surface area contributed by atoms with Gasteiger partial charge < -0.3 is 4.74 Å². The van der Waals surface area contributed by atoms with Crippen molar-refractivity contribution in [2.24, 2.45) is 0 Å². The quantitative estimate of drug-likeness (QED) is 0.541. The Kier molecular flexibility index (Phi) is 5.70. The van der Waals surface area contributed by atoms with Crippen LogP contribution in [0, 0.1) is 20.8 Å². The van der Waals surface area contributed by atoms with Gasteiger partial charge in [0.1, 0.15) is 6.61 Å². The first-order valence-electron chi connectivity index (χ1n) is 8.90.